The molecule has 1 fully saturated rings. The second-order valence-corrected chi connectivity index (χ2v) is 6.19. The summed E-state index contributed by atoms with van der Waals surface area (Å²) in [7, 11) is -2.12. The van der Waals surface area contributed by atoms with E-state index in [1.165, 1.54) is 0 Å². The van der Waals surface area contributed by atoms with E-state index in [9.17, 15) is 0 Å². The van der Waals surface area contributed by atoms with Crippen molar-refractivity contribution in [3.8, 4) is 0 Å². The predicted molar refractivity (Wildman–Crippen MR) is 34.0 cm³/mol. The number of halogens is 1. The Hall–Kier alpha value is 0.427. The van der Waals surface area contributed by atoms with Gasteiger partial charge in [0, 0.05) is 13.2 Å². The Morgan fingerprint density at radius 3 is 2.12 bits per heavy atom. The van der Waals surface area contributed by atoms with Gasteiger partial charge in [-0.2, -0.15) is 0 Å². The van der Waals surface area contributed by atoms with Gasteiger partial charge in [0.15, 0.2) is 0 Å². The van der Waals surface area contributed by atoms with Crippen molar-refractivity contribution in [3.05, 3.63) is 0 Å². The molecule has 1 rings (SSSR count). The zero-order chi connectivity index (χ0) is 6.04. The lowest BCUT2D eigenvalue weighted by Gasteiger charge is -2.24. The van der Waals surface area contributed by atoms with Crippen molar-refractivity contribution in [1.82, 2.24) is 0 Å². The summed E-state index contributed by atoms with van der Waals surface area (Å²) in [5, 5.41) is 0. The number of hydrogen-bond acceptors (Lipinski definition) is 2. The van der Waals surface area contributed by atoms with E-state index in [4.69, 9.17) is 19.9 Å². The van der Waals surface area contributed by atoms with Crippen molar-refractivity contribution in [2.75, 3.05) is 13.2 Å². The van der Waals surface area contributed by atoms with Gasteiger partial charge in [-0.1, -0.05) is 11.1 Å². The molecule has 48 valence electrons. The highest BCUT2D eigenvalue weighted by Crippen LogP contribution is 2.16. The van der Waals surface area contributed by atoms with Crippen molar-refractivity contribution >= 4 is 18.9 Å². The van der Waals surface area contributed by atoms with Crippen LogP contribution in [0, 0.1) is 0 Å². The predicted octanol–water partition coefficient (Wildman–Crippen LogP) is 1.23. The van der Waals surface area contributed by atoms with Gasteiger partial charge in [-0.25, -0.2) is 0 Å². The zero-order valence-corrected chi connectivity index (χ0v) is 6.57. The third-order valence-corrected chi connectivity index (χ3v) is 3.10. The minimum atomic E-state index is -2.12. The highest BCUT2D eigenvalue weighted by atomic mass is 35.6. The largest absolute Gasteiger partial charge is 0.439 e. The van der Waals surface area contributed by atoms with Crippen LogP contribution in [0.15, 0.2) is 0 Å². The lowest BCUT2D eigenvalue weighted by atomic mass is 10.5. The normalized spacial score (nSPS) is 27.8. The molecule has 0 bridgehead atoms. The monoisotopic (exact) mass is 152 g/mol. The quantitative estimate of drug-likeness (QED) is 0.384. The molecule has 0 aromatic rings. The summed E-state index contributed by atoms with van der Waals surface area (Å²) >= 11 is 5.77. The Balaban J connectivity index is 2.33. The van der Waals surface area contributed by atoms with Gasteiger partial charge in [-0.3, -0.25) is 0 Å². The van der Waals surface area contributed by atoms with Gasteiger partial charge in [0.2, 0.25) is 0 Å². The van der Waals surface area contributed by atoms with Gasteiger partial charge in [0.25, 0.3) is 0 Å². The molecule has 1 aliphatic heterocycles. The molecule has 1 saturated heterocycles. The summed E-state index contributed by atoms with van der Waals surface area (Å²) in [4.78, 5) is 0. The first kappa shape index (κ1) is 6.55. The van der Waals surface area contributed by atoms with Gasteiger partial charge >= 0.3 is 7.87 Å². The van der Waals surface area contributed by atoms with E-state index in [0.717, 1.165) is 19.6 Å². The summed E-state index contributed by atoms with van der Waals surface area (Å²) in [6.45, 7) is 3.38. The molecule has 0 amide bonds. The van der Waals surface area contributed by atoms with Crippen LogP contribution in [0.25, 0.3) is 0 Å². The Bertz CT molecular complexity index is 78.1. The number of rotatable bonds is 0. The molecule has 1 aliphatic rings. The van der Waals surface area contributed by atoms with Crippen molar-refractivity contribution in [3.63, 3.8) is 0 Å². The standard InChI is InChI=1S/C4H9ClO2Si/c1-8(5)6-3-2-4-7-8/h2-4H2,1H3. The average molecular weight is 153 g/mol. The molecule has 1 heterocycles. The molecule has 0 atom stereocenters. The first-order valence-corrected chi connectivity index (χ1v) is 6.00. The van der Waals surface area contributed by atoms with Gasteiger partial charge < -0.3 is 8.85 Å². The maximum Gasteiger partial charge on any atom is 0.439 e. The summed E-state index contributed by atoms with van der Waals surface area (Å²) in [6, 6.07) is 0. The van der Waals surface area contributed by atoms with Crippen molar-refractivity contribution in [2.24, 2.45) is 0 Å². The van der Waals surface area contributed by atoms with Crippen LogP contribution in [0.3, 0.4) is 0 Å². The fourth-order valence-corrected chi connectivity index (χ4v) is 2.17. The van der Waals surface area contributed by atoms with Crippen LogP contribution < -0.4 is 0 Å². The molecule has 0 radical (unpaired) electrons. The fourth-order valence-electron chi connectivity index (χ4n) is 0.610. The SMILES string of the molecule is C[Si]1(Cl)OCCCO1. The zero-order valence-electron chi connectivity index (χ0n) is 4.82. The third kappa shape index (κ3) is 1.74. The van der Waals surface area contributed by atoms with Crippen LogP contribution in [0.4, 0.5) is 0 Å². The summed E-state index contributed by atoms with van der Waals surface area (Å²) in [5.74, 6) is 0. The van der Waals surface area contributed by atoms with Gasteiger partial charge in [0.1, 0.15) is 0 Å². The van der Waals surface area contributed by atoms with E-state index in [0.29, 0.717) is 0 Å². The van der Waals surface area contributed by atoms with E-state index in [-0.39, 0.29) is 0 Å². The highest BCUT2D eigenvalue weighted by molar-refractivity contribution is 7.12. The second kappa shape index (κ2) is 2.35. The summed E-state index contributed by atoms with van der Waals surface area (Å²) in [6.07, 6.45) is 0.981. The van der Waals surface area contributed by atoms with E-state index < -0.39 is 7.87 Å². The molecule has 4 heteroatoms. The van der Waals surface area contributed by atoms with Crippen LogP contribution >= 0.6 is 11.1 Å². The summed E-state index contributed by atoms with van der Waals surface area (Å²) in [5.41, 5.74) is 0. The van der Waals surface area contributed by atoms with Crippen molar-refractivity contribution < 1.29 is 8.85 Å². The van der Waals surface area contributed by atoms with Crippen LogP contribution in [0.2, 0.25) is 6.55 Å². The van der Waals surface area contributed by atoms with Crippen LogP contribution in [-0.2, 0) is 8.85 Å². The van der Waals surface area contributed by atoms with Gasteiger partial charge in [-0.05, 0) is 13.0 Å². The maximum absolute atomic E-state index is 5.77. The van der Waals surface area contributed by atoms with Gasteiger partial charge in [0.05, 0.1) is 0 Å². The fraction of sp³-hybridized carbons (Fsp3) is 1.00. The lowest BCUT2D eigenvalue weighted by Crippen LogP contribution is -2.37. The molecule has 0 aliphatic carbocycles. The number of hydrogen-bond donors (Lipinski definition) is 0. The van der Waals surface area contributed by atoms with E-state index in [2.05, 4.69) is 0 Å². The minimum absolute atomic E-state index is 0.770. The molecule has 0 N–H and O–H groups in total. The Labute approximate surface area is 54.7 Å². The van der Waals surface area contributed by atoms with Gasteiger partial charge in [-0.15, -0.1) is 0 Å². The van der Waals surface area contributed by atoms with Crippen LogP contribution in [-0.4, -0.2) is 21.1 Å². The molecule has 8 heavy (non-hydrogen) atoms. The van der Waals surface area contributed by atoms with Crippen LogP contribution in [0.1, 0.15) is 6.42 Å². The van der Waals surface area contributed by atoms with E-state index in [1.807, 2.05) is 6.55 Å². The third-order valence-electron chi connectivity index (χ3n) is 1.01. The maximum atomic E-state index is 5.77. The lowest BCUT2D eigenvalue weighted by molar-refractivity contribution is 0.130. The van der Waals surface area contributed by atoms with Crippen molar-refractivity contribution in [2.45, 2.75) is 13.0 Å². The molecule has 0 aromatic heterocycles. The Morgan fingerprint density at radius 2 is 1.88 bits per heavy atom. The molecular weight excluding hydrogens is 144 g/mol. The Morgan fingerprint density at radius 1 is 1.38 bits per heavy atom. The minimum Gasteiger partial charge on any atom is -0.383 e. The first-order valence-electron chi connectivity index (χ1n) is 2.67. The van der Waals surface area contributed by atoms with E-state index >= 15 is 0 Å². The molecular formula is C4H9ClO2Si. The smallest absolute Gasteiger partial charge is 0.383 e. The molecule has 0 spiro atoms. The first-order chi connectivity index (χ1) is 3.71. The molecule has 0 aromatic carbocycles. The Kier molecular flexibility index (Phi) is 1.92. The van der Waals surface area contributed by atoms with Crippen LogP contribution in [0.5, 0.6) is 0 Å². The molecule has 2 nitrogen and oxygen atoms in total. The van der Waals surface area contributed by atoms with E-state index in [1.54, 1.807) is 0 Å². The van der Waals surface area contributed by atoms with Crippen molar-refractivity contribution in [1.29, 1.82) is 0 Å². The second-order valence-electron chi connectivity index (χ2n) is 1.89. The molecule has 0 saturated carbocycles. The summed E-state index contributed by atoms with van der Waals surface area (Å²) < 4.78 is 10.3. The highest BCUT2D eigenvalue weighted by Gasteiger charge is 2.31. The average Bonchev–Trinajstić information content (AvgIpc) is 1.65. The topological polar surface area (TPSA) is 18.5 Å². The molecule has 0 unspecified atom stereocenters.